The molecule has 0 unspecified atom stereocenters. The molecule has 1 aliphatic rings. The van der Waals surface area contributed by atoms with Gasteiger partial charge in [-0.3, -0.25) is 0 Å². The van der Waals surface area contributed by atoms with Crippen LogP contribution in [0.2, 0.25) is 0 Å². The molecular weight excluding hydrogens is 292 g/mol. The number of imidazole rings is 1. The summed E-state index contributed by atoms with van der Waals surface area (Å²) in [6.45, 7) is 10.3. The summed E-state index contributed by atoms with van der Waals surface area (Å²) in [7, 11) is 0. The van der Waals surface area contributed by atoms with Crippen molar-refractivity contribution in [3.05, 3.63) is 18.2 Å². The Morgan fingerprint density at radius 1 is 1.43 bits per heavy atom. The van der Waals surface area contributed by atoms with E-state index in [0.29, 0.717) is 0 Å². The van der Waals surface area contributed by atoms with Crippen LogP contribution >= 0.6 is 0 Å². The Labute approximate surface area is 139 Å². The smallest absolute Gasteiger partial charge is 0.408 e. The number of amides is 1. The zero-order chi connectivity index (χ0) is 16.9. The van der Waals surface area contributed by atoms with Crippen molar-refractivity contribution >= 4 is 6.09 Å². The van der Waals surface area contributed by atoms with Crippen molar-refractivity contribution in [2.24, 2.45) is 0 Å². The fourth-order valence-corrected chi connectivity index (χ4v) is 2.84. The predicted molar refractivity (Wildman–Crippen MR) is 90.2 cm³/mol. The molecule has 0 atom stereocenters. The molecule has 0 aliphatic heterocycles. The topological polar surface area (TPSA) is 68.2 Å². The summed E-state index contributed by atoms with van der Waals surface area (Å²) in [5, 5.41) is 6.53. The molecule has 2 rings (SSSR count). The Kier molecular flexibility index (Phi) is 5.68. The van der Waals surface area contributed by atoms with Crippen LogP contribution in [0.5, 0.6) is 0 Å². The van der Waals surface area contributed by atoms with E-state index < -0.39 is 5.60 Å². The van der Waals surface area contributed by atoms with Crippen molar-refractivity contribution in [2.45, 2.75) is 77.6 Å². The molecule has 1 aliphatic carbocycles. The number of rotatable bonds is 7. The van der Waals surface area contributed by atoms with E-state index in [0.717, 1.165) is 45.3 Å². The van der Waals surface area contributed by atoms with Gasteiger partial charge in [0.05, 0.1) is 17.6 Å². The molecule has 6 heteroatoms. The highest BCUT2D eigenvalue weighted by Crippen LogP contribution is 2.31. The second-order valence-electron chi connectivity index (χ2n) is 7.44. The summed E-state index contributed by atoms with van der Waals surface area (Å²) in [4.78, 5) is 16.2. The third-order valence-corrected chi connectivity index (χ3v) is 4.11. The summed E-state index contributed by atoms with van der Waals surface area (Å²) in [5.41, 5.74) is 0.547. The quantitative estimate of drug-likeness (QED) is 0.810. The van der Waals surface area contributed by atoms with E-state index in [9.17, 15) is 4.79 Å². The zero-order valence-corrected chi connectivity index (χ0v) is 14.8. The average molecular weight is 322 g/mol. The van der Waals surface area contributed by atoms with Gasteiger partial charge < -0.3 is 19.9 Å². The van der Waals surface area contributed by atoms with E-state index in [1.54, 1.807) is 0 Å². The van der Waals surface area contributed by atoms with E-state index in [2.05, 4.69) is 27.1 Å². The van der Waals surface area contributed by atoms with Crippen LogP contribution in [-0.2, 0) is 17.8 Å². The molecule has 0 bridgehead atoms. The first-order chi connectivity index (χ1) is 10.8. The van der Waals surface area contributed by atoms with Gasteiger partial charge in [0.1, 0.15) is 5.60 Å². The van der Waals surface area contributed by atoms with Gasteiger partial charge >= 0.3 is 6.09 Å². The van der Waals surface area contributed by atoms with Crippen molar-refractivity contribution < 1.29 is 9.53 Å². The molecule has 0 radical (unpaired) electrons. The molecule has 1 fully saturated rings. The number of carbonyl (C=O) groups is 1. The molecule has 1 heterocycles. The van der Waals surface area contributed by atoms with E-state index in [-0.39, 0.29) is 11.6 Å². The van der Waals surface area contributed by atoms with Gasteiger partial charge in [-0.05, 0) is 46.5 Å². The van der Waals surface area contributed by atoms with Gasteiger partial charge in [-0.25, -0.2) is 9.78 Å². The van der Waals surface area contributed by atoms with E-state index in [1.165, 1.54) is 5.69 Å². The summed E-state index contributed by atoms with van der Waals surface area (Å²) < 4.78 is 7.55. The summed E-state index contributed by atoms with van der Waals surface area (Å²) in [5.74, 6) is 0. The monoisotopic (exact) mass is 322 g/mol. The molecule has 1 amide bonds. The molecule has 0 saturated heterocycles. The molecular formula is C17H30N4O2. The molecule has 1 aromatic rings. The molecule has 0 aromatic carbocycles. The standard InChI is InChI=1S/C17H30N4O2/c1-5-9-21-13-19-11-14(21)10-18-12-17(7-6-8-17)20-15(22)23-16(2,3)4/h11,13,18H,5-10,12H2,1-4H3,(H,20,22). The normalized spacial score (nSPS) is 16.7. The molecule has 1 saturated carbocycles. The summed E-state index contributed by atoms with van der Waals surface area (Å²) in [6, 6.07) is 0. The highest BCUT2D eigenvalue weighted by Gasteiger charge is 2.39. The lowest BCUT2D eigenvalue weighted by molar-refractivity contribution is 0.0382. The highest BCUT2D eigenvalue weighted by atomic mass is 16.6. The van der Waals surface area contributed by atoms with Gasteiger partial charge in [-0.15, -0.1) is 0 Å². The van der Waals surface area contributed by atoms with Gasteiger partial charge in [0.2, 0.25) is 0 Å². The summed E-state index contributed by atoms with van der Waals surface area (Å²) >= 11 is 0. The van der Waals surface area contributed by atoms with Crippen molar-refractivity contribution in [2.75, 3.05) is 6.54 Å². The Hall–Kier alpha value is -1.56. The first kappa shape index (κ1) is 17.8. The maximum Gasteiger partial charge on any atom is 0.408 e. The minimum Gasteiger partial charge on any atom is -0.444 e. The molecule has 6 nitrogen and oxygen atoms in total. The largest absolute Gasteiger partial charge is 0.444 e. The SMILES string of the molecule is CCCn1cncc1CNCC1(NC(=O)OC(C)(C)C)CCC1. The van der Waals surface area contributed by atoms with Crippen LogP contribution in [0.4, 0.5) is 4.79 Å². The predicted octanol–water partition coefficient (Wildman–Crippen LogP) is 2.83. The number of hydrogen-bond donors (Lipinski definition) is 2. The fourth-order valence-electron chi connectivity index (χ4n) is 2.84. The van der Waals surface area contributed by atoms with Gasteiger partial charge in [0.25, 0.3) is 0 Å². The molecule has 2 N–H and O–H groups in total. The number of hydrogen-bond acceptors (Lipinski definition) is 4. The number of nitrogens with zero attached hydrogens (tertiary/aromatic N) is 2. The molecule has 130 valence electrons. The minimum absolute atomic E-state index is 0.169. The second-order valence-corrected chi connectivity index (χ2v) is 7.44. The van der Waals surface area contributed by atoms with Gasteiger partial charge in [-0.2, -0.15) is 0 Å². The first-order valence-electron chi connectivity index (χ1n) is 8.54. The number of carbonyl (C=O) groups excluding carboxylic acids is 1. The van der Waals surface area contributed by atoms with E-state index >= 15 is 0 Å². The number of aromatic nitrogens is 2. The van der Waals surface area contributed by atoms with E-state index in [4.69, 9.17) is 4.74 Å². The van der Waals surface area contributed by atoms with Crippen molar-refractivity contribution in [3.63, 3.8) is 0 Å². The molecule has 0 spiro atoms. The zero-order valence-electron chi connectivity index (χ0n) is 14.8. The molecule has 23 heavy (non-hydrogen) atoms. The van der Waals surface area contributed by atoms with Gasteiger partial charge in [-0.1, -0.05) is 6.92 Å². The van der Waals surface area contributed by atoms with Crippen LogP contribution in [0.1, 0.15) is 59.1 Å². The molecule has 1 aromatic heterocycles. The number of aryl methyl sites for hydroxylation is 1. The maximum atomic E-state index is 12.0. The third-order valence-electron chi connectivity index (χ3n) is 4.11. The number of nitrogens with one attached hydrogen (secondary N) is 2. The number of ether oxygens (including phenoxy) is 1. The maximum absolute atomic E-state index is 12.0. The average Bonchev–Trinajstić information content (AvgIpc) is 2.81. The van der Waals surface area contributed by atoms with Crippen LogP contribution in [0.15, 0.2) is 12.5 Å². The van der Waals surface area contributed by atoms with Crippen LogP contribution in [0, 0.1) is 0 Å². The van der Waals surface area contributed by atoms with Crippen LogP contribution in [-0.4, -0.2) is 33.3 Å². The van der Waals surface area contributed by atoms with Crippen molar-refractivity contribution in [1.82, 2.24) is 20.2 Å². The second kappa shape index (κ2) is 7.34. The lowest BCUT2D eigenvalue weighted by atomic mass is 9.76. The highest BCUT2D eigenvalue weighted by molar-refractivity contribution is 5.69. The number of alkyl carbamates (subject to hydrolysis) is 1. The van der Waals surface area contributed by atoms with Crippen LogP contribution in [0.25, 0.3) is 0 Å². The van der Waals surface area contributed by atoms with Gasteiger partial charge in [0.15, 0.2) is 0 Å². The summed E-state index contributed by atoms with van der Waals surface area (Å²) in [6.07, 6.45) is 7.67. The van der Waals surface area contributed by atoms with Crippen LogP contribution < -0.4 is 10.6 Å². The third kappa shape index (κ3) is 5.23. The first-order valence-corrected chi connectivity index (χ1v) is 8.54. The lowest BCUT2D eigenvalue weighted by Crippen LogP contribution is -2.59. The Morgan fingerprint density at radius 3 is 2.74 bits per heavy atom. The fraction of sp³-hybridized carbons (Fsp3) is 0.765. The van der Waals surface area contributed by atoms with E-state index in [1.807, 2.05) is 33.3 Å². The van der Waals surface area contributed by atoms with Crippen LogP contribution in [0.3, 0.4) is 0 Å². The minimum atomic E-state index is -0.463. The Bertz CT molecular complexity index is 515. The Balaban J connectivity index is 1.82. The lowest BCUT2D eigenvalue weighted by Gasteiger charge is -2.42. The Morgan fingerprint density at radius 2 is 2.17 bits per heavy atom. The van der Waals surface area contributed by atoms with Gasteiger partial charge in [0, 0.05) is 25.8 Å². The van der Waals surface area contributed by atoms with Crippen molar-refractivity contribution in [3.8, 4) is 0 Å². The van der Waals surface area contributed by atoms with Crippen molar-refractivity contribution in [1.29, 1.82) is 0 Å².